The molecule has 2 rings (SSSR count). The molecule has 0 spiro atoms. The Balaban J connectivity index is 2.01. The van der Waals surface area contributed by atoms with Crippen molar-refractivity contribution in [1.82, 2.24) is 10.2 Å². The first kappa shape index (κ1) is 18.1. The molecule has 0 saturated carbocycles. The minimum absolute atomic E-state index is 0.0719. The van der Waals surface area contributed by atoms with E-state index in [0.717, 1.165) is 42.1 Å². The van der Waals surface area contributed by atoms with Gasteiger partial charge in [0.1, 0.15) is 5.75 Å². The molecular weight excluding hydrogens is 312 g/mol. The largest absolute Gasteiger partial charge is 0.478 e. The van der Waals surface area contributed by atoms with Crippen LogP contribution in [-0.2, 0) is 4.79 Å². The van der Waals surface area contributed by atoms with Crippen molar-refractivity contribution in [3.63, 3.8) is 0 Å². The maximum absolute atomic E-state index is 12.6. The Labute approximate surface area is 144 Å². The van der Waals surface area contributed by atoms with Gasteiger partial charge in [0, 0.05) is 11.1 Å². The third-order valence-corrected chi connectivity index (χ3v) is 4.98. The predicted octanol–water partition coefficient (Wildman–Crippen LogP) is 3.32. The standard InChI is InChI=1S/C18H27ClN2O2/c1-12-10-15(11-13(2)16(12)19)23-18(3,4)17(22)20-14-6-8-21(5)9-7-14/h10-11,14H,6-9H2,1-5H3,(H,20,22). The molecule has 1 aromatic carbocycles. The Morgan fingerprint density at radius 2 is 1.78 bits per heavy atom. The van der Waals surface area contributed by atoms with Crippen LogP contribution >= 0.6 is 11.6 Å². The van der Waals surface area contributed by atoms with Gasteiger partial charge in [-0.15, -0.1) is 0 Å². The minimum atomic E-state index is -0.921. The Hall–Kier alpha value is -1.26. The minimum Gasteiger partial charge on any atom is -0.478 e. The van der Waals surface area contributed by atoms with E-state index in [1.807, 2.05) is 26.0 Å². The summed E-state index contributed by atoms with van der Waals surface area (Å²) >= 11 is 6.19. The number of carbonyl (C=O) groups excluding carboxylic acids is 1. The lowest BCUT2D eigenvalue weighted by Crippen LogP contribution is -2.52. The highest BCUT2D eigenvalue weighted by molar-refractivity contribution is 6.32. The molecule has 0 radical (unpaired) electrons. The SMILES string of the molecule is Cc1cc(OC(C)(C)C(=O)NC2CCN(C)CC2)cc(C)c1Cl. The van der Waals surface area contributed by atoms with Crippen molar-refractivity contribution in [3.05, 3.63) is 28.3 Å². The van der Waals surface area contributed by atoms with Gasteiger partial charge >= 0.3 is 0 Å². The molecule has 1 aliphatic rings. The molecule has 23 heavy (non-hydrogen) atoms. The van der Waals surface area contributed by atoms with E-state index in [2.05, 4.69) is 17.3 Å². The monoisotopic (exact) mass is 338 g/mol. The molecular formula is C18H27ClN2O2. The summed E-state index contributed by atoms with van der Waals surface area (Å²) in [5.41, 5.74) is 0.983. The van der Waals surface area contributed by atoms with E-state index < -0.39 is 5.60 Å². The van der Waals surface area contributed by atoms with Gasteiger partial charge in [-0.2, -0.15) is 0 Å². The predicted molar refractivity (Wildman–Crippen MR) is 94.3 cm³/mol. The number of halogens is 1. The van der Waals surface area contributed by atoms with E-state index in [9.17, 15) is 4.79 Å². The second-order valence-electron chi connectivity index (χ2n) is 7.03. The van der Waals surface area contributed by atoms with Gasteiger partial charge in [0.05, 0.1) is 0 Å². The summed E-state index contributed by atoms with van der Waals surface area (Å²) in [5, 5.41) is 3.87. The van der Waals surface area contributed by atoms with E-state index in [4.69, 9.17) is 16.3 Å². The van der Waals surface area contributed by atoms with Crippen molar-refractivity contribution >= 4 is 17.5 Å². The van der Waals surface area contributed by atoms with Crippen LogP contribution in [0.1, 0.15) is 37.8 Å². The molecule has 1 heterocycles. The van der Waals surface area contributed by atoms with Gasteiger partial charge in [0.15, 0.2) is 5.60 Å². The van der Waals surface area contributed by atoms with Gasteiger partial charge < -0.3 is 15.0 Å². The van der Waals surface area contributed by atoms with Crippen LogP contribution in [0.4, 0.5) is 0 Å². The Kier molecular flexibility index (Phi) is 5.58. The average Bonchev–Trinajstić information content (AvgIpc) is 2.46. The first-order chi connectivity index (χ1) is 10.7. The summed E-state index contributed by atoms with van der Waals surface area (Å²) < 4.78 is 5.96. The smallest absolute Gasteiger partial charge is 0.263 e. The molecule has 1 aliphatic heterocycles. The normalized spacial score (nSPS) is 17.1. The van der Waals surface area contributed by atoms with E-state index in [0.29, 0.717) is 5.75 Å². The Morgan fingerprint density at radius 3 is 2.30 bits per heavy atom. The topological polar surface area (TPSA) is 41.6 Å². The molecule has 1 amide bonds. The molecule has 0 atom stereocenters. The van der Waals surface area contributed by atoms with Crippen LogP contribution in [0, 0.1) is 13.8 Å². The number of benzene rings is 1. The summed E-state index contributed by atoms with van der Waals surface area (Å²) in [5.74, 6) is 0.602. The second-order valence-corrected chi connectivity index (χ2v) is 7.41. The molecule has 1 fully saturated rings. The number of amides is 1. The van der Waals surface area contributed by atoms with Crippen molar-refractivity contribution in [1.29, 1.82) is 0 Å². The average molecular weight is 339 g/mol. The Morgan fingerprint density at radius 1 is 1.26 bits per heavy atom. The molecule has 128 valence electrons. The molecule has 1 N–H and O–H groups in total. The fraction of sp³-hybridized carbons (Fsp3) is 0.611. The van der Waals surface area contributed by atoms with Gasteiger partial charge in [0.25, 0.3) is 5.91 Å². The van der Waals surface area contributed by atoms with Gasteiger partial charge in [-0.3, -0.25) is 4.79 Å². The van der Waals surface area contributed by atoms with Gasteiger partial charge in [-0.05, 0) is 83.9 Å². The summed E-state index contributed by atoms with van der Waals surface area (Å²) in [6, 6.07) is 3.98. The summed E-state index contributed by atoms with van der Waals surface area (Å²) in [6.07, 6.45) is 1.97. The quantitative estimate of drug-likeness (QED) is 0.915. The fourth-order valence-electron chi connectivity index (χ4n) is 2.82. The third-order valence-electron chi connectivity index (χ3n) is 4.38. The van der Waals surface area contributed by atoms with Crippen LogP contribution in [-0.4, -0.2) is 42.6 Å². The van der Waals surface area contributed by atoms with Crippen LogP contribution in [0.15, 0.2) is 12.1 Å². The van der Waals surface area contributed by atoms with E-state index in [1.165, 1.54) is 0 Å². The number of ether oxygens (including phenoxy) is 1. The molecule has 4 nitrogen and oxygen atoms in total. The number of carbonyl (C=O) groups is 1. The maximum Gasteiger partial charge on any atom is 0.263 e. The first-order valence-electron chi connectivity index (χ1n) is 8.14. The van der Waals surface area contributed by atoms with Crippen molar-refractivity contribution < 1.29 is 9.53 Å². The number of hydrogen-bond donors (Lipinski definition) is 1. The summed E-state index contributed by atoms with van der Waals surface area (Å²) in [7, 11) is 2.11. The molecule has 0 unspecified atom stereocenters. The highest BCUT2D eigenvalue weighted by Crippen LogP contribution is 2.28. The Bertz CT molecular complexity index is 555. The zero-order chi connectivity index (χ0) is 17.2. The van der Waals surface area contributed by atoms with Crippen LogP contribution < -0.4 is 10.1 Å². The zero-order valence-electron chi connectivity index (χ0n) is 14.7. The summed E-state index contributed by atoms with van der Waals surface area (Å²) in [6.45, 7) is 9.51. The third kappa shape index (κ3) is 4.61. The van der Waals surface area contributed by atoms with E-state index >= 15 is 0 Å². The number of aryl methyl sites for hydroxylation is 2. The van der Waals surface area contributed by atoms with E-state index in [-0.39, 0.29) is 11.9 Å². The number of piperidine rings is 1. The number of likely N-dealkylation sites (tertiary alicyclic amines) is 1. The van der Waals surface area contributed by atoms with Crippen LogP contribution in [0.5, 0.6) is 5.75 Å². The number of hydrogen-bond acceptors (Lipinski definition) is 3. The number of nitrogens with one attached hydrogen (secondary N) is 1. The second kappa shape index (κ2) is 7.10. The van der Waals surface area contributed by atoms with Crippen molar-refractivity contribution in [2.75, 3.05) is 20.1 Å². The maximum atomic E-state index is 12.6. The van der Waals surface area contributed by atoms with E-state index in [1.54, 1.807) is 13.8 Å². The molecule has 5 heteroatoms. The molecule has 0 aliphatic carbocycles. The van der Waals surface area contributed by atoms with Crippen LogP contribution in [0.3, 0.4) is 0 Å². The van der Waals surface area contributed by atoms with Crippen molar-refractivity contribution in [2.45, 2.75) is 52.2 Å². The van der Waals surface area contributed by atoms with Crippen molar-refractivity contribution in [3.8, 4) is 5.75 Å². The molecule has 0 aromatic heterocycles. The lowest BCUT2D eigenvalue weighted by Gasteiger charge is -2.32. The van der Waals surface area contributed by atoms with Crippen molar-refractivity contribution in [2.24, 2.45) is 0 Å². The number of nitrogens with zero attached hydrogens (tertiary/aromatic N) is 1. The molecule has 1 aromatic rings. The first-order valence-corrected chi connectivity index (χ1v) is 8.52. The highest BCUT2D eigenvalue weighted by atomic mass is 35.5. The highest BCUT2D eigenvalue weighted by Gasteiger charge is 2.32. The zero-order valence-corrected chi connectivity index (χ0v) is 15.5. The number of rotatable bonds is 4. The van der Waals surface area contributed by atoms with Gasteiger partial charge in [0.2, 0.25) is 0 Å². The van der Waals surface area contributed by atoms with Crippen LogP contribution in [0.2, 0.25) is 5.02 Å². The summed E-state index contributed by atoms with van der Waals surface area (Å²) in [4.78, 5) is 14.9. The fourth-order valence-corrected chi connectivity index (χ4v) is 2.93. The van der Waals surface area contributed by atoms with Gasteiger partial charge in [-0.1, -0.05) is 11.6 Å². The lowest BCUT2D eigenvalue weighted by molar-refractivity contribution is -0.135. The molecule has 0 bridgehead atoms. The molecule has 1 saturated heterocycles. The van der Waals surface area contributed by atoms with Crippen LogP contribution in [0.25, 0.3) is 0 Å². The lowest BCUT2D eigenvalue weighted by atomic mass is 10.0. The van der Waals surface area contributed by atoms with Gasteiger partial charge in [-0.25, -0.2) is 0 Å².